The van der Waals surface area contributed by atoms with Crippen molar-refractivity contribution >= 4 is 5.97 Å². The second-order valence-electron chi connectivity index (χ2n) is 8.52. The monoisotopic (exact) mass is 437 g/mol. The number of fused-ring (bicyclic) bond motifs is 3. The Balaban J connectivity index is 1.78. The maximum atomic E-state index is 11.5. The van der Waals surface area contributed by atoms with Gasteiger partial charge in [-0.25, -0.2) is 9.78 Å². The van der Waals surface area contributed by atoms with E-state index >= 15 is 0 Å². The Labute approximate surface area is 184 Å². The van der Waals surface area contributed by atoms with Crippen molar-refractivity contribution in [2.75, 3.05) is 0 Å². The Morgan fingerprint density at radius 3 is 2.62 bits per heavy atom. The van der Waals surface area contributed by atoms with Crippen LogP contribution in [0.2, 0.25) is 0 Å². The Morgan fingerprint density at radius 1 is 1.25 bits per heavy atom. The van der Waals surface area contributed by atoms with Gasteiger partial charge in [-0.2, -0.15) is 0 Å². The minimum absolute atomic E-state index is 0.108. The van der Waals surface area contributed by atoms with Crippen LogP contribution < -0.4 is 4.74 Å². The van der Waals surface area contributed by atoms with Gasteiger partial charge < -0.3 is 29.1 Å². The lowest BCUT2D eigenvalue weighted by atomic mass is 10.0. The molecule has 166 valence electrons. The second kappa shape index (κ2) is 7.51. The Morgan fingerprint density at radius 2 is 2.00 bits per heavy atom. The fourth-order valence-corrected chi connectivity index (χ4v) is 3.35. The molecule has 0 saturated carbocycles. The molecule has 1 aromatic carbocycles. The van der Waals surface area contributed by atoms with Gasteiger partial charge in [-0.05, 0) is 45.9 Å². The molecule has 2 aromatic heterocycles. The van der Waals surface area contributed by atoms with Gasteiger partial charge in [-0.1, -0.05) is 17.0 Å². The van der Waals surface area contributed by atoms with Crippen molar-refractivity contribution in [3.05, 3.63) is 53.2 Å². The highest BCUT2D eigenvalue weighted by Crippen LogP contribution is 2.36. The highest BCUT2D eigenvalue weighted by atomic mass is 16.5. The first-order chi connectivity index (χ1) is 14.9. The molecule has 0 spiro atoms. The molecule has 9 heteroatoms. The molecule has 9 nitrogen and oxygen atoms in total. The Hall–Kier alpha value is -3.61. The predicted octanol–water partition coefficient (Wildman–Crippen LogP) is 2.34. The zero-order valence-corrected chi connectivity index (χ0v) is 18.1. The Kier molecular flexibility index (Phi) is 5.07. The molecule has 3 N–H and O–H groups in total. The van der Waals surface area contributed by atoms with Gasteiger partial charge >= 0.3 is 5.97 Å². The van der Waals surface area contributed by atoms with Crippen LogP contribution in [0.3, 0.4) is 0 Å². The number of aryl methyl sites for hydroxylation is 1. The molecule has 2 atom stereocenters. The first-order valence-corrected chi connectivity index (χ1v) is 9.97. The summed E-state index contributed by atoms with van der Waals surface area (Å²) in [5, 5.41) is 34.4. The number of nitrogens with zero attached hydrogens (tertiary/aromatic N) is 3. The smallest absolute Gasteiger partial charge is 0.356 e. The molecule has 0 aliphatic carbocycles. The van der Waals surface area contributed by atoms with E-state index in [4.69, 9.17) is 9.26 Å². The van der Waals surface area contributed by atoms with Crippen LogP contribution in [0, 0.1) is 18.8 Å². The number of carboxylic acids is 1. The van der Waals surface area contributed by atoms with Crippen molar-refractivity contribution < 1.29 is 29.4 Å². The van der Waals surface area contributed by atoms with Gasteiger partial charge in [0.25, 0.3) is 0 Å². The molecule has 3 aromatic rings. The first-order valence-electron chi connectivity index (χ1n) is 9.97. The summed E-state index contributed by atoms with van der Waals surface area (Å²) in [6, 6.07) is 6.73. The molecule has 1 aliphatic heterocycles. The molecule has 0 amide bonds. The van der Waals surface area contributed by atoms with E-state index in [0.717, 1.165) is 0 Å². The lowest BCUT2D eigenvalue weighted by Crippen LogP contribution is -2.42. The van der Waals surface area contributed by atoms with Gasteiger partial charge in [0.2, 0.25) is 0 Å². The van der Waals surface area contributed by atoms with Crippen LogP contribution in [0.5, 0.6) is 5.75 Å². The Bertz CT molecular complexity index is 1250. The van der Waals surface area contributed by atoms with Crippen molar-refractivity contribution in [3.63, 3.8) is 0 Å². The maximum Gasteiger partial charge on any atom is 0.356 e. The van der Waals surface area contributed by atoms with Gasteiger partial charge in [-0.15, -0.1) is 0 Å². The van der Waals surface area contributed by atoms with Crippen LogP contribution in [0.15, 0.2) is 35.0 Å². The van der Waals surface area contributed by atoms with E-state index < -0.39 is 23.3 Å². The normalized spacial score (nSPS) is 17.1. The topological polar surface area (TPSA) is 131 Å². The average Bonchev–Trinajstić information content (AvgIpc) is 3.29. The molecule has 4 rings (SSSR count). The summed E-state index contributed by atoms with van der Waals surface area (Å²) in [5.74, 6) is 5.97. The number of ether oxygens (including phenoxy) is 1. The van der Waals surface area contributed by atoms with Gasteiger partial charge in [0.15, 0.2) is 11.3 Å². The molecule has 0 radical (unpaired) electrons. The van der Waals surface area contributed by atoms with E-state index in [1.807, 2.05) is 0 Å². The van der Waals surface area contributed by atoms with Gasteiger partial charge in [0.1, 0.15) is 29.1 Å². The maximum absolute atomic E-state index is 11.5. The minimum atomic E-state index is -1.53. The van der Waals surface area contributed by atoms with Gasteiger partial charge in [0.05, 0.1) is 17.7 Å². The summed E-state index contributed by atoms with van der Waals surface area (Å²) < 4.78 is 12.7. The fraction of sp³-hybridized carbons (Fsp3) is 0.348. The molecule has 3 heterocycles. The summed E-state index contributed by atoms with van der Waals surface area (Å²) in [6.45, 7) is 6.72. The van der Waals surface area contributed by atoms with E-state index in [-0.39, 0.29) is 12.2 Å². The molecule has 1 unspecified atom stereocenters. The predicted molar refractivity (Wildman–Crippen MR) is 113 cm³/mol. The van der Waals surface area contributed by atoms with E-state index in [2.05, 4.69) is 22.0 Å². The molecule has 1 aliphatic rings. The SMILES string of the molecule is Cc1cc([C@](C)(O)C#Cc2ccc3c(c2)-c2nc(C(=O)O)cn2CC(C(C)(C)O)O3)no1. The van der Waals surface area contributed by atoms with Crippen molar-refractivity contribution in [3.8, 4) is 29.0 Å². The van der Waals surface area contributed by atoms with Crippen LogP contribution in [-0.2, 0) is 12.1 Å². The highest BCUT2D eigenvalue weighted by Gasteiger charge is 2.34. The summed E-state index contributed by atoms with van der Waals surface area (Å²) >= 11 is 0. The van der Waals surface area contributed by atoms with Crippen LogP contribution in [-0.4, -0.2) is 47.7 Å². The standard InChI is InChI=1S/C23H23N3O6/c1-13-9-18(25-32-13)23(4,30)8-7-14-5-6-17-15(10-14)20-24-16(21(27)28)11-26(20)12-19(31-17)22(2,3)29/h5-6,9-11,19,29-30H,12H2,1-4H3,(H,27,28)/t19?,23-/m1/s1. The van der Waals surface area contributed by atoms with E-state index in [1.54, 1.807) is 49.6 Å². The third-order valence-electron chi connectivity index (χ3n) is 5.21. The average molecular weight is 437 g/mol. The number of hydrogen-bond acceptors (Lipinski definition) is 7. The fourth-order valence-electron chi connectivity index (χ4n) is 3.35. The third kappa shape index (κ3) is 4.10. The first kappa shape index (κ1) is 21.6. The number of hydrogen-bond donors (Lipinski definition) is 3. The van der Waals surface area contributed by atoms with Crippen molar-refractivity contribution in [1.82, 2.24) is 14.7 Å². The largest absolute Gasteiger partial charge is 0.485 e. The summed E-state index contributed by atoms with van der Waals surface area (Å²) in [4.78, 5) is 15.7. The number of aromatic nitrogens is 3. The zero-order valence-electron chi connectivity index (χ0n) is 18.1. The summed E-state index contributed by atoms with van der Waals surface area (Å²) in [6.07, 6.45) is 0.789. The number of rotatable bonds is 3. The second-order valence-corrected chi connectivity index (χ2v) is 8.52. The van der Waals surface area contributed by atoms with Crippen LogP contribution in [0.1, 0.15) is 48.3 Å². The lowest BCUT2D eigenvalue weighted by Gasteiger charge is -2.29. The molecule has 0 fully saturated rings. The minimum Gasteiger partial charge on any atom is -0.485 e. The van der Waals surface area contributed by atoms with Crippen molar-refractivity contribution in [1.29, 1.82) is 0 Å². The number of aliphatic hydroxyl groups is 2. The number of imidazole rings is 1. The lowest BCUT2D eigenvalue weighted by molar-refractivity contribution is -0.0394. The van der Waals surface area contributed by atoms with E-state index in [1.165, 1.54) is 13.1 Å². The van der Waals surface area contributed by atoms with Crippen LogP contribution in [0.4, 0.5) is 0 Å². The zero-order chi connectivity index (χ0) is 23.3. The highest BCUT2D eigenvalue weighted by molar-refractivity contribution is 5.86. The van der Waals surface area contributed by atoms with Crippen molar-refractivity contribution in [2.24, 2.45) is 0 Å². The summed E-state index contributed by atoms with van der Waals surface area (Å²) in [5.41, 5.74) is -1.42. The molecular weight excluding hydrogens is 414 g/mol. The number of carbonyl (C=O) groups is 1. The van der Waals surface area contributed by atoms with Gasteiger partial charge in [0, 0.05) is 17.8 Å². The molecular formula is C23H23N3O6. The molecule has 0 saturated heterocycles. The summed E-state index contributed by atoms with van der Waals surface area (Å²) in [7, 11) is 0. The number of carboxylic acid groups (broad SMARTS) is 1. The molecule has 32 heavy (non-hydrogen) atoms. The number of benzene rings is 1. The van der Waals surface area contributed by atoms with Crippen LogP contribution >= 0.6 is 0 Å². The van der Waals surface area contributed by atoms with E-state index in [0.29, 0.717) is 34.2 Å². The van der Waals surface area contributed by atoms with Crippen molar-refractivity contribution in [2.45, 2.75) is 51.5 Å². The molecule has 0 bridgehead atoms. The van der Waals surface area contributed by atoms with Gasteiger partial charge in [-0.3, -0.25) is 0 Å². The third-order valence-corrected chi connectivity index (χ3v) is 5.21. The van der Waals surface area contributed by atoms with Crippen LogP contribution in [0.25, 0.3) is 11.4 Å². The van der Waals surface area contributed by atoms with E-state index in [9.17, 15) is 20.1 Å². The number of aromatic carboxylic acids is 1. The quantitative estimate of drug-likeness (QED) is 0.532.